The van der Waals surface area contributed by atoms with Gasteiger partial charge in [0.25, 0.3) is 0 Å². The van der Waals surface area contributed by atoms with Gasteiger partial charge in [-0.15, -0.1) is 0 Å². The summed E-state index contributed by atoms with van der Waals surface area (Å²) in [5, 5.41) is 9.44. The van der Waals surface area contributed by atoms with Crippen molar-refractivity contribution in [3.05, 3.63) is 0 Å². The van der Waals surface area contributed by atoms with Crippen molar-refractivity contribution in [2.75, 3.05) is 11.5 Å². The maximum Gasteiger partial charge on any atom is 0.0692 e. The molecule has 0 aliphatic heterocycles. The van der Waals surface area contributed by atoms with E-state index in [1.54, 1.807) is 0 Å². The van der Waals surface area contributed by atoms with E-state index in [2.05, 4.69) is 13.0 Å². The van der Waals surface area contributed by atoms with E-state index in [0.717, 1.165) is 18.3 Å². The van der Waals surface area contributed by atoms with Gasteiger partial charge in [0.05, 0.1) is 11.5 Å². The summed E-state index contributed by atoms with van der Waals surface area (Å²) in [6.07, 6.45) is 7.71. The van der Waals surface area contributed by atoms with Crippen molar-refractivity contribution in [3.63, 3.8) is 0 Å². The van der Waals surface area contributed by atoms with Gasteiger partial charge in [0, 0.05) is 0 Å². The Balaban J connectivity index is 1.85. The molecule has 0 aromatic carbocycles. The maximum absolute atomic E-state index is 9.44. The number of hydrogen-bond acceptors (Lipinski definition) is 2. The fourth-order valence-electron chi connectivity index (χ4n) is 3.58. The normalized spacial score (nSPS) is 38.1. The van der Waals surface area contributed by atoms with Crippen LogP contribution < -0.4 is 0 Å². The lowest BCUT2D eigenvalue weighted by atomic mass is 9.71. The average molecular weight is 223 g/mol. The van der Waals surface area contributed by atoms with Crippen LogP contribution in [0.2, 0.25) is 0 Å². The lowest BCUT2D eigenvalue weighted by Crippen LogP contribution is -2.26. The van der Waals surface area contributed by atoms with E-state index in [1.165, 1.54) is 43.6 Å². The molecule has 2 saturated carbocycles. The van der Waals surface area contributed by atoms with Crippen LogP contribution >= 0.6 is 11.8 Å². The monoisotopic (exact) mass is 223 g/mol. The van der Waals surface area contributed by atoms with Crippen LogP contribution in [0.4, 0.5) is 0 Å². The summed E-state index contributed by atoms with van der Waals surface area (Å²) in [6.45, 7) is 2.21. The summed E-state index contributed by atoms with van der Waals surface area (Å²) in [5.74, 6) is 4.11. The molecule has 2 bridgehead atoms. The van der Waals surface area contributed by atoms with Gasteiger partial charge in [-0.3, -0.25) is 0 Å². The molecule has 1 nitrogen and oxygen atoms in total. The molecule has 84 valence electrons. The van der Waals surface area contributed by atoms with Crippen molar-refractivity contribution in [2.24, 2.45) is 17.3 Å². The highest BCUT2D eigenvalue weighted by molar-refractivity contribution is 7.99. The first kappa shape index (κ1) is 11.3. The van der Waals surface area contributed by atoms with Gasteiger partial charge in [-0.2, -0.15) is 17.0 Å². The van der Waals surface area contributed by atoms with Crippen molar-refractivity contribution in [1.29, 1.82) is 5.26 Å². The summed E-state index contributed by atoms with van der Waals surface area (Å²) in [7, 11) is 0. The van der Waals surface area contributed by atoms with Crippen molar-refractivity contribution in [3.8, 4) is 6.07 Å². The van der Waals surface area contributed by atoms with E-state index in [1.807, 2.05) is 11.8 Å². The van der Waals surface area contributed by atoms with Crippen LogP contribution in [0.1, 0.15) is 45.4 Å². The predicted molar refractivity (Wildman–Crippen MR) is 65.7 cm³/mol. The Morgan fingerprint density at radius 3 is 2.87 bits per heavy atom. The quantitative estimate of drug-likeness (QED) is 0.661. The number of nitriles is 1. The summed E-state index contributed by atoms with van der Waals surface area (Å²) < 4.78 is 0. The summed E-state index contributed by atoms with van der Waals surface area (Å²) >= 11 is 2.01. The second kappa shape index (κ2) is 4.78. The molecule has 2 heteroatoms. The molecule has 0 N–H and O–H groups in total. The van der Waals surface area contributed by atoms with Crippen molar-refractivity contribution in [2.45, 2.75) is 45.4 Å². The molecule has 0 aromatic heterocycles. The van der Waals surface area contributed by atoms with E-state index in [9.17, 15) is 5.26 Å². The highest BCUT2D eigenvalue weighted by Gasteiger charge is 2.50. The third kappa shape index (κ3) is 2.18. The van der Waals surface area contributed by atoms with Crippen LogP contribution in [0.5, 0.6) is 0 Å². The second-order valence-electron chi connectivity index (χ2n) is 5.15. The fraction of sp³-hybridized carbons (Fsp3) is 0.923. The van der Waals surface area contributed by atoms with Gasteiger partial charge in [0.15, 0.2) is 0 Å². The molecular formula is C13H21NS. The average Bonchev–Trinajstić information content (AvgIpc) is 2.85. The van der Waals surface area contributed by atoms with Crippen LogP contribution in [0.25, 0.3) is 0 Å². The largest absolute Gasteiger partial charge is 0.198 e. The van der Waals surface area contributed by atoms with Crippen LogP contribution in [-0.2, 0) is 0 Å². The Kier molecular flexibility index (Phi) is 3.61. The van der Waals surface area contributed by atoms with Crippen molar-refractivity contribution < 1.29 is 0 Å². The molecule has 0 amide bonds. The number of nitrogens with zero attached hydrogens (tertiary/aromatic N) is 1. The third-order valence-electron chi connectivity index (χ3n) is 4.31. The summed E-state index contributed by atoms with van der Waals surface area (Å²) in [6, 6.07) is 2.68. The molecule has 0 aromatic rings. The van der Waals surface area contributed by atoms with Crippen molar-refractivity contribution >= 4 is 11.8 Å². The van der Waals surface area contributed by atoms with Crippen LogP contribution in [0.15, 0.2) is 0 Å². The minimum Gasteiger partial charge on any atom is -0.198 e. The number of rotatable bonds is 5. The van der Waals surface area contributed by atoms with E-state index >= 15 is 0 Å². The third-order valence-corrected chi connectivity index (χ3v) is 5.30. The minimum absolute atomic E-state index is 0.0945. The highest BCUT2D eigenvalue weighted by Crippen LogP contribution is 2.57. The Bertz CT molecular complexity index is 258. The summed E-state index contributed by atoms with van der Waals surface area (Å²) in [5.41, 5.74) is 0.0945. The predicted octanol–water partition coefficient (Wildman–Crippen LogP) is 3.85. The van der Waals surface area contributed by atoms with Crippen LogP contribution in [0, 0.1) is 28.6 Å². The van der Waals surface area contributed by atoms with E-state index in [0.29, 0.717) is 0 Å². The molecule has 2 aliphatic carbocycles. The first-order valence-electron chi connectivity index (χ1n) is 6.30. The van der Waals surface area contributed by atoms with Gasteiger partial charge in [-0.1, -0.05) is 13.3 Å². The van der Waals surface area contributed by atoms with Gasteiger partial charge in [-0.25, -0.2) is 0 Å². The highest BCUT2D eigenvalue weighted by atomic mass is 32.2. The second-order valence-corrected chi connectivity index (χ2v) is 6.54. The zero-order valence-electron chi connectivity index (χ0n) is 9.67. The molecule has 3 unspecified atom stereocenters. The van der Waals surface area contributed by atoms with Gasteiger partial charge in [-0.05, 0) is 55.4 Å². The van der Waals surface area contributed by atoms with Gasteiger partial charge in [0.1, 0.15) is 0 Å². The fourth-order valence-corrected chi connectivity index (χ4v) is 4.21. The molecule has 0 radical (unpaired) electrons. The zero-order valence-corrected chi connectivity index (χ0v) is 10.5. The first-order valence-corrected chi connectivity index (χ1v) is 7.45. The van der Waals surface area contributed by atoms with Gasteiger partial charge >= 0.3 is 0 Å². The Morgan fingerprint density at radius 2 is 2.33 bits per heavy atom. The molecule has 2 rings (SSSR count). The first-order chi connectivity index (χ1) is 7.30. The molecule has 0 heterocycles. The molecule has 0 saturated heterocycles. The van der Waals surface area contributed by atoms with E-state index in [-0.39, 0.29) is 5.41 Å². The Labute approximate surface area is 97.6 Å². The lowest BCUT2D eigenvalue weighted by Gasteiger charge is -2.30. The number of hydrogen-bond donors (Lipinski definition) is 0. The maximum atomic E-state index is 9.44. The molecular weight excluding hydrogens is 202 g/mol. The number of fused-ring (bicyclic) bond motifs is 2. The minimum atomic E-state index is 0.0945. The van der Waals surface area contributed by atoms with E-state index < -0.39 is 0 Å². The Morgan fingerprint density at radius 1 is 1.47 bits per heavy atom. The SMILES string of the molecule is CCSCCCC1(C#N)CC2CCC1C2. The van der Waals surface area contributed by atoms with Gasteiger partial charge < -0.3 is 0 Å². The number of thioether (sulfide) groups is 1. The van der Waals surface area contributed by atoms with Crippen LogP contribution in [0.3, 0.4) is 0 Å². The lowest BCUT2D eigenvalue weighted by molar-refractivity contribution is 0.222. The molecule has 2 aliphatic rings. The standard InChI is InChI=1S/C13H21NS/c1-2-15-7-3-6-13(10-14)9-11-4-5-12(13)8-11/h11-12H,2-9H2,1H3. The molecule has 15 heavy (non-hydrogen) atoms. The molecule has 3 atom stereocenters. The van der Waals surface area contributed by atoms with Crippen LogP contribution in [-0.4, -0.2) is 11.5 Å². The summed E-state index contributed by atoms with van der Waals surface area (Å²) in [4.78, 5) is 0. The smallest absolute Gasteiger partial charge is 0.0692 e. The Hall–Kier alpha value is -0.160. The topological polar surface area (TPSA) is 23.8 Å². The van der Waals surface area contributed by atoms with E-state index in [4.69, 9.17) is 0 Å². The molecule has 2 fully saturated rings. The molecule has 0 spiro atoms. The zero-order chi connectivity index (χ0) is 10.7. The van der Waals surface area contributed by atoms with Gasteiger partial charge in [0.2, 0.25) is 0 Å². The van der Waals surface area contributed by atoms with Crippen molar-refractivity contribution in [1.82, 2.24) is 0 Å².